The van der Waals surface area contributed by atoms with Crippen molar-refractivity contribution in [2.24, 2.45) is 17.4 Å². The van der Waals surface area contributed by atoms with Crippen LogP contribution in [-0.4, -0.2) is 77.1 Å². The lowest BCUT2D eigenvalue weighted by Gasteiger charge is -2.28. The lowest BCUT2D eigenvalue weighted by atomic mass is 9.85. The number of ketones is 1. The molecule has 0 bridgehead atoms. The van der Waals surface area contributed by atoms with E-state index in [4.69, 9.17) is 11.5 Å². The molecule has 0 saturated heterocycles. The third-order valence-electron chi connectivity index (χ3n) is 5.78. The van der Waals surface area contributed by atoms with Gasteiger partial charge in [-0.2, -0.15) is 0 Å². The van der Waals surface area contributed by atoms with Gasteiger partial charge >= 0.3 is 0 Å². The Morgan fingerprint density at radius 1 is 0.844 bits per heavy atom. The molecule has 0 heterocycles. The highest BCUT2D eigenvalue weighted by molar-refractivity contribution is 5.94. The number of hydrogen-bond acceptors (Lipinski definition) is 8. The Morgan fingerprint density at radius 3 is 1.88 bits per heavy atom. The van der Waals surface area contributed by atoms with Crippen molar-refractivity contribution >= 4 is 23.5 Å². The molecule has 184 valence electrons. The van der Waals surface area contributed by atoms with E-state index in [1.54, 1.807) is 0 Å². The lowest BCUT2D eigenvalue weighted by Crippen LogP contribution is -2.60. The molecule has 0 aromatic rings. The molecule has 1 saturated carbocycles. The number of hydrogen-bond donors (Lipinski definition) is 7. The second kappa shape index (κ2) is 14.1. The van der Waals surface area contributed by atoms with Crippen molar-refractivity contribution in [1.29, 1.82) is 0 Å². The summed E-state index contributed by atoms with van der Waals surface area (Å²) in [6, 6.07) is -3.29. The molecule has 11 heteroatoms. The zero-order valence-corrected chi connectivity index (χ0v) is 19.0. The van der Waals surface area contributed by atoms with E-state index in [9.17, 15) is 29.4 Å². The van der Waals surface area contributed by atoms with Gasteiger partial charge in [-0.25, -0.2) is 0 Å². The van der Waals surface area contributed by atoms with Gasteiger partial charge in [0.15, 0.2) is 5.78 Å². The van der Waals surface area contributed by atoms with E-state index in [1.165, 1.54) is 13.8 Å². The van der Waals surface area contributed by atoms with Crippen LogP contribution in [0.1, 0.15) is 58.8 Å². The van der Waals surface area contributed by atoms with Crippen molar-refractivity contribution in [3.05, 3.63) is 0 Å². The van der Waals surface area contributed by atoms with E-state index < -0.39 is 48.1 Å². The predicted molar refractivity (Wildman–Crippen MR) is 118 cm³/mol. The molecule has 9 N–H and O–H groups in total. The van der Waals surface area contributed by atoms with Crippen LogP contribution in [0.2, 0.25) is 0 Å². The second-order valence-electron chi connectivity index (χ2n) is 8.46. The Bertz CT molecular complexity index is 638. The van der Waals surface area contributed by atoms with Crippen LogP contribution in [0.15, 0.2) is 0 Å². The quantitative estimate of drug-likeness (QED) is 0.165. The number of nitrogens with two attached hydrogens (primary N) is 2. The minimum Gasteiger partial charge on any atom is -0.391 e. The molecule has 0 aromatic heterocycles. The maximum absolute atomic E-state index is 12.8. The molecule has 0 aliphatic heterocycles. The molecular weight excluding hydrogens is 418 g/mol. The number of carbonyl (C=O) groups is 4. The van der Waals surface area contributed by atoms with Crippen molar-refractivity contribution < 1.29 is 29.4 Å². The lowest BCUT2D eigenvalue weighted by molar-refractivity contribution is -0.138. The van der Waals surface area contributed by atoms with Crippen LogP contribution >= 0.6 is 0 Å². The summed E-state index contributed by atoms with van der Waals surface area (Å²) in [4.78, 5) is 49.6. The number of amides is 3. The third kappa shape index (κ3) is 8.81. The molecule has 3 amide bonds. The van der Waals surface area contributed by atoms with Gasteiger partial charge < -0.3 is 37.6 Å². The van der Waals surface area contributed by atoms with Gasteiger partial charge in [0.25, 0.3) is 0 Å². The number of carbonyl (C=O) groups excluding carboxylic acids is 4. The summed E-state index contributed by atoms with van der Waals surface area (Å²) in [5, 5.41) is 27.8. The zero-order chi connectivity index (χ0) is 24.3. The van der Waals surface area contributed by atoms with Crippen molar-refractivity contribution in [2.75, 3.05) is 13.1 Å². The van der Waals surface area contributed by atoms with E-state index in [0.29, 0.717) is 0 Å². The molecule has 1 rings (SSSR count). The van der Waals surface area contributed by atoms with Crippen molar-refractivity contribution in [1.82, 2.24) is 16.0 Å². The molecule has 2 unspecified atom stereocenters. The molecule has 1 aliphatic rings. The Hall–Kier alpha value is -2.08. The van der Waals surface area contributed by atoms with E-state index in [1.807, 2.05) is 0 Å². The Morgan fingerprint density at radius 2 is 1.38 bits per heavy atom. The Labute approximate surface area is 189 Å². The first kappa shape index (κ1) is 28.0. The first-order valence-corrected chi connectivity index (χ1v) is 11.3. The minimum atomic E-state index is -1.36. The number of aliphatic hydroxyl groups is 2. The SMILES string of the molecule is CC(=O)[C@H](CCN)NC(=O)[C@@H](NC(=O)[C@H](CCN)NC(=O)C(O)C1CCCCC1)C(C)O. The normalized spacial score (nSPS) is 19.2. The Kier molecular flexibility index (Phi) is 12.4. The van der Waals surface area contributed by atoms with Crippen LogP contribution in [0, 0.1) is 5.92 Å². The topological polar surface area (TPSA) is 197 Å². The maximum atomic E-state index is 12.8. The number of rotatable bonds is 13. The fourth-order valence-corrected chi connectivity index (χ4v) is 3.82. The third-order valence-corrected chi connectivity index (χ3v) is 5.78. The average molecular weight is 458 g/mol. The molecule has 1 aliphatic carbocycles. The van der Waals surface area contributed by atoms with Gasteiger partial charge in [-0.05, 0) is 58.5 Å². The zero-order valence-electron chi connectivity index (χ0n) is 19.0. The largest absolute Gasteiger partial charge is 0.391 e. The van der Waals surface area contributed by atoms with Crippen molar-refractivity contribution in [3.63, 3.8) is 0 Å². The molecule has 0 radical (unpaired) electrons. The summed E-state index contributed by atoms with van der Waals surface area (Å²) >= 11 is 0. The Balaban J connectivity index is 2.82. The number of Topliss-reactive ketones (excluding diaryl/α,β-unsaturated/α-hetero) is 1. The van der Waals surface area contributed by atoms with Crippen LogP contribution in [0.3, 0.4) is 0 Å². The molecule has 0 spiro atoms. The molecule has 0 aromatic carbocycles. The van der Waals surface area contributed by atoms with E-state index in [2.05, 4.69) is 16.0 Å². The molecule has 1 fully saturated rings. The van der Waals surface area contributed by atoms with Crippen molar-refractivity contribution in [2.45, 2.75) is 89.1 Å². The maximum Gasteiger partial charge on any atom is 0.249 e. The summed E-state index contributed by atoms with van der Waals surface area (Å²) in [5.41, 5.74) is 11.0. The summed E-state index contributed by atoms with van der Waals surface area (Å²) in [5.74, 6) is -2.60. The smallest absolute Gasteiger partial charge is 0.249 e. The van der Waals surface area contributed by atoms with E-state index in [0.717, 1.165) is 32.1 Å². The van der Waals surface area contributed by atoms with Crippen LogP contribution in [0.4, 0.5) is 0 Å². The van der Waals surface area contributed by atoms with Crippen LogP contribution in [0.25, 0.3) is 0 Å². The molecule has 5 atom stereocenters. The molecule has 11 nitrogen and oxygen atoms in total. The van der Waals surface area contributed by atoms with Crippen LogP contribution in [0.5, 0.6) is 0 Å². The molecule has 32 heavy (non-hydrogen) atoms. The average Bonchev–Trinajstić information content (AvgIpc) is 2.76. The summed E-state index contributed by atoms with van der Waals surface area (Å²) in [7, 11) is 0. The first-order valence-electron chi connectivity index (χ1n) is 11.3. The standard InChI is InChI=1S/C21H39N5O6/c1-12(27)15(8-10-22)24-20(31)17(13(2)28)26-19(30)16(9-11-23)25-21(32)18(29)14-6-4-3-5-7-14/h13-18,28-29H,3-11,22-23H2,1-2H3,(H,24,31)(H,25,32)(H,26,30)/t13?,15-,16-,17-,18?/m0/s1. The fraction of sp³-hybridized carbons (Fsp3) is 0.810. The first-order chi connectivity index (χ1) is 15.1. The second-order valence-corrected chi connectivity index (χ2v) is 8.46. The minimum absolute atomic E-state index is 0.0757. The highest BCUT2D eigenvalue weighted by atomic mass is 16.3. The van der Waals surface area contributed by atoms with Gasteiger partial charge in [-0.15, -0.1) is 0 Å². The van der Waals surface area contributed by atoms with Crippen molar-refractivity contribution in [3.8, 4) is 0 Å². The van der Waals surface area contributed by atoms with Gasteiger partial charge in [0.1, 0.15) is 18.2 Å². The fourth-order valence-electron chi connectivity index (χ4n) is 3.82. The highest BCUT2D eigenvalue weighted by Crippen LogP contribution is 2.26. The van der Waals surface area contributed by atoms with Gasteiger partial charge in [0, 0.05) is 0 Å². The van der Waals surface area contributed by atoms with Gasteiger partial charge in [-0.1, -0.05) is 19.3 Å². The summed E-state index contributed by atoms with van der Waals surface area (Å²) in [6.45, 7) is 2.87. The van der Waals surface area contributed by atoms with Crippen LogP contribution in [-0.2, 0) is 19.2 Å². The van der Waals surface area contributed by atoms with E-state index in [-0.39, 0.29) is 37.6 Å². The van der Waals surface area contributed by atoms with Crippen LogP contribution < -0.4 is 27.4 Å². The predicted octanol–water partition coefficient (Wildman–Crippen LogP) is -1.95. The highest BCUT2D eigenvalue weighted by Gasteiger charge is 2.33. The van der Waals surface area contributed by atoms with Gasteiger partial charge in [-0.3, -0.25) is 19.2 Å². The van der Waals surface area contributed by atoms with E-state index >= 15 is 0 Å². The summed E-state index contributed by atoms with van der Waals surface area (Å²) < 4.78 is 0. The molecular formula is C21H39N5O6. The monoisotopic (exact) mass is 457 g/mol. The summed E-state index contributed by atoms with van der Waals surface area (Å²) in [6.07, 6.45) is 2.23. The van der Waals surface area contributed by atoms with Gasteiger partial charge in [0.05, 0.1) is 12.1 Å². The number of nitrogens with one attached hydrogen (secondary N) is 3. The van der Waals surface area contributed by atoms with Gasteiger partial charge in [0.2, 0.25) is 17.7 Å². The number of aliphatic hydroxyl groups excluding tert-OH is 2.